The maximum Gasteiger partial charge on any atom is 0.171 e. The van der Waals surface area contributed by atoms with Gasteiger partial charge in [-0.2, -0.15) is 0 Å². The molecular formula is C16H17NO2. The van der Waals surface area contributed by atoms with E-state index in [1.807, 2.05) is 32.0 Å². The quantitative estimate of drug-likeness (QED) is 0.788. The Kier molecular flexibility index (Phi) is 3.95. The molecule has 1 heterocycles. The van der Waals surface area contributed by atoms with Gasteiger partial charge in [0.1, 0.15) is 5.75 Å². The molecule has 0 aliphatic heterocycles. The first-order chi connectivity index (χ1) is 9.13. The number of hydrogen-bond acceptors (Lipinski definition) is 3. The van der Waals surface area contributed by atoms with E-state index in [0.717, 1.165) is 16.7 Å². The highest BCUT2D eigenvalue weighted by atomic mass is 16.5. The van der Waals surface area contributed by atoms with Crippen LogP contribution in [0.2, 0.25) is 0 Å². The smallest absolute Gasteiger partial charge is 0.171 e. The van der Waals surface area contributed by atoms with Crippen molar-refractivity contribution < 1.29 is 9.53 Å². The van der Waals surface area contributed by atoms with E-state index in [1.165, 1.54) is 0 Å². The van der Waals surface area contributed by atoms with E-state index in [1.54, 1.807) is 25.6 Å². The highest BCUT2D eigenvalue weighted by molar-refractivity contribution is 6.00. The second-order valence-electron chi connectivity index (χ2n) is 4.55. The fraction of sp³-hybridized carbons (Fsp3) is 0.250. The summed E-state index contributed by atoms with van der Waals surface area (Å²) in [5.41, 5.74) is 3.95. The largest absolute Gasteiger partial charge is 0.494 e. The molecule has 98 valence electrons. The fourth-order valence-electron chi connectivity index (χ4n) is 2.16. The first-order valence-electron chi connectivity index (χ1n) is 6.19. The number of aryl methyl sites for hydroxylation is 2. The van der Waals surface area contributed by atoms with Crippen molar-refractivity contribution in [1.29, 1.82) is 0 Å². The predicted molar refractivity (Wildman–Crippen MR) is 74.7 cm³/mol. The van der Waals surface area contributed by atoms with Crippen LogP contribution in [-0.4, -0.2) is 17.9 Å². The topological polar surface area (TPSA) is 39.2 Å². The average molecular weight is 255 g/mol. The fourth-order valence-corrected chi connectivity index (χ4v) is 2.16. The number of ketones is 1. The van der Waals surface area contributed by atoms with Gasteiger partial charge in [0.2, 0.25) is 0 Å². The lowest BCUT2D eigenvalue weighted by Crippen LogP contribution is -2.08. The molecule has 1 aromatic carbocycles. The van der Waals surface area contributed by atoms with Crippen LogP contribution in [0.5, 0.6) is 5.75 Å². The van der Waals surface area contributed by atoms with Crippen molar-refractivity contribution >= 4 is 5.78 Å². The molecule has 0 unspecified atom stereocenters. The molecule has 0 saturated carbocycles. The van der Waals surface area contributed by atoms with Gasteiger partial charge in [-0.1, -0.05) is 18.2 Å². The maximum atomic E-state index is 12.4. The zero-order valence-electron chi connectivity index (χ0n) is 11.4. The molecule has 0 bridgehead atoms. The Morgan fingerprint density at radius 1 is 1.21 bits per heavy atom. The Hall–Kier alpha value is -2.16. The Morgan fingerprint density at radius 2 is 1.89 bits per heavy atom. The molecule has 0 spiro atoms. The van der Waals surface area contributed by atoms with Crippen LogP contribution in [0.25, 0.3) is 0 Å². The van der Waals surface area contributed by atoms with Crippen molar-refractivity contribution in [3.63, 3.8) is 0 Å². The summed E-state index contributed by atoms with van der Waals surface area (Å²) in [6.07, 6.45) is 3.57. The molecule has 3 heteroatoms. The molecule has 0 amide bonds. The minimum absolute atomic E-state index is 0.0525. The molecule has 0 aliphatic carbocycles. The number of rotatable bonds is 4. The number of aromatic nitrogens is 1. The first-order valence-corrected chi connectivity index (χ1v) is 6.19. The predicted octanol–water partition coefficient (Wildman–Crippen LogP) is 3.13. The number of methoxy groups -OCH3 is 1. The number of nitrogens with zero attached hydrogens (tertiary/aromatic N) is 1. The van der Waals surface area contributed by atoms with Crippen LogP contribution < -0.4 is 4.74 Å². The molecule has 0 radical (unpaired) electrons. The Labute approximate surface area is 113 Å². The van der Waals surface area contributed by atoms with E-state index in [9.17, 15) is 4.79 Å². The normalized spacial score (nSPS) is 10.3. The van der Waals surface area contributed by atoms with Crippen molar-refractivity contribution in [1.82, 2.24) is 4.98 Å². The Bertz CT molecular complexity index is 585. The zero-order chi connectivity index (χ0) is 13.8. The maximum absolute atomic E-state index is 12.4. The Morgan fingerprint density at radius 3 is 2.53 bits per heavy atom. The van der Waals surface area contributed by atoms with Crippen LogP contribution in [0.4, 0.5) is 0 Å². The van der Waals surface area contributed by atoms with Gasteiger partial charge in [0, 0.05) is 12.6 Å². The lowest BCUT2D eigenvalue weighted by molar-refractivity contribution is 0.0989. The number of Topliss-reactive ketones (excluding diaryl/α,β-unsaturated/α-hetero) is 1. The van der Waals surface area contributed by atoms with E-state index in [4.69, 9.17) is 4.74 Å². The number of carbonyl (C=O) groups is 1. The summed E-state index contributed by atoms with van der Waals surface area (Å²) in [7, 11) is 1.55. The molecule has 19 heavy (non-hydrogen) atoms. The number of carbonyl (C=O) groups excluding carboxylic acids is 1. The molecule has 1 aromatic heterocycles. The number of benzene rings is 1. The van der Waals surface area contributed by atoms with E-state index in [2.05, 4.69) is 4.98 Å². The van der Waals surface area contributed by atoms with Gasteiger partial charge in [-0.25, -0.2) is 0 Å². The lowest BCUT2D eigenvalue weighted by Gasteiger charge is -2.10. The number of pyridine rings is 1. The third kappa shape index (κ3) is 2.81. The summed E-state index contributed by atoms with van der Waals surface area (Å²) < 4.78 is 5.18. The molecule has 3 nitrogen and oxygen atoms in total. The van der Waals surface area contributed by atoms with E-state index < -0.39 is 0 Å². The van der Waals surface area contributed by atoms with Crippen LogP contribution in [0, 0.1) is 13.8 Å². The molecule has 0 atom stereocenters. The summed E-state index contributed by atoms with van der Waals surface area (Å²) in [6, 6.07) is 7.76. The van der Waals surface area contributed by atoms with Crippen LogP contribution >= 0.6 is 0 Å². The van der Waals surface area contributed by atoms with Crippen molar-refractivity contribution in [2.45, 2.75) is 20.3 Å². The van der Waals surface area contributed by atoms with Crippen molar-refractivity contribution in [2.24, 2.45) is 0 Å². The third-order valence-corrected chi connectivity index (χ3v) is 3.29. The van der Waals surface area contributed by atoms with Gasteiger partial charge in [-0.3, -0.25) is 9.78 Å². The third-order valence-electron chi connectivity index (χ3n) is 3.29. The van der Waals surface area contributed by atoms with Crippen molar-refractivity contribution in [2.75, 3.05) is 7.11 Å². The minimum Gasteiger partial charge on any atom is -0.494 e. The summed E-state index contributed by atoms with van der Waals surface area (Å²) in [4.78, 5) is 16.4. The monoisotopic (exact) mass is 255 g/mol. The first kappa shape index (κ1) is 13.3. The average Bonchev–Trinajstić information content (AvgIpc) is 2.42. The van der Waals surface area contributed by atoms with Gasteiger partial charge in [0.05, 0.1) is 18.9 Å². The minimum atomic E-state index is 0.0525. The molecule has 0 saturated heterocycles. The second kappa shape index (κ2) is 5.65. The molecular weight excluding hydrogens is 238 g/mol. The zero-order valence-corrected chi connectivity index (χ0v) is 11.4. The van der Waals surface area contributed by atoms with Crippen molar-refractivity contribution in [3.8, 4) is 5.75 Å². The van der Waals surface area contributed by atoms with E-state index >= 15 is 0 Å². The summed E-state index contributed by atoms with van der Waals surface area (Å²) in [6.45, 7) is 4.05. The van der Waals surface area contributed by atoms with Gasteiger partial charge < -0.3 is 4.74 Å². The Balaban J connectivity index is 2.31. The second-order valence-corrected chi connectivity index (χ2v) is 4.55. The lowest BCUT2D eigenvalue weighted by atomic mass is 9.96. The van der Waals surface area contributed by atoms with E-state index in [-0.39, 0.29) is 5.78 Å². The number of hydrogen-bond donors (Lipinski definition) is 0. The van der Waals surface area contributed by atoms with Crippen LogP contribution in [0.3, 0.4) is 0 Å². The number of ether oxygens (including phenoxy) is 1. The highest BCUT2D eigenvalue weighted by Crippen LogP contribution is 2.21. The molecule has 0 aliphatic rings. The molecule has 2 rings (SSSR count). The highest BCUT2D eigenvalue weighted by Gasteiger charge is 2.14. The van der Waals surface area contributed by atoms with Gasteiger partial charge in [-0.15, -0.1) is 0 Å². The van der Waals surface area contributed by atoms with Crippen molar-refractivity contribution in [3.05, 3.63) is 58.9 Å². The van der Waals surface area contributed by atoms with E-state index in [0.29, 0.717) is 17.7 Å². The SMILES string of the molecule is COc1cnccc1C(=O)Cc1c(C)cccc1C. The standard InChI is InChI=1S/C16H17NO2/c1-11-5-4-6-12(2)14(11)9-15(18)13-7-8-17-10-16(13)19-3/h4-8,10H,9H2,1-3H3. The van der Waals surface area contributed by atoms with Crippen LogP contribution in [-0.2, 0) is 6.42 Å². The molecule has 0 fully saturated rings. The molecule has 0 N–H and O–H groups in total. The van der Waals surface area contributed by atoms with Gasteiger partial charge in [0.25, 0.3) is 0 Å². The summed E-state index contributed by atoms with van der Waals surface area (Å²) >= 11 is 0. The van der Waals surface area contributed by atoms with Gasteiger partial charge in [-0.05, 0) is 36.6 Å². The summed E-state index contributed by atoms with van der Waals surface area (Å²) in [5, 5.41) is 0. The summed E-state index contributed by atoms with van der Waals surface area (Å²) in [5.74, 6) is 0.579. The van der Waals surface area contributed by atoms with Crippen LogP contribution in [0.1, 0.15) is 27.0 Å². The van der Waals surface area contributed by atoms with Crippen LogP contribution in [0.15, 0.2) is 36.7 Å². The van der Waals surface area contributed by atoms with Gasteiger partial charge in [0.15, 0.2) is 5.78 Å². The molecule has 2 aromatic rings. The van der Waals surface area contributed by atoms with Gasteiger partial charge >= 0.3 is 0 Å².